The number of benzene rings is 1. The fourth-order valence-corrected chi connectivity index (χ4v) is 6.63. The zero-order chi connectivity index (χ0) is 21.2. The molecule has 4 heterocycles. The number of thiazole rings is 1. The summed E-state index contributed by atoms with van der Waals surface area (Å²) >= 11 is 2.99. The first-order chi connectivity index (χ1) is 14.4. The second kappa shape index (κ2) is 8.38. The van der Waals surface area contributed by atoms with E-state index in [4.69, 9.17) is 0 Å². The molecule has 7 nitrogen and oxygen atoms in total. The fraction of sp³-hybridized carbons (Fsp3) is 0.286. The molecule has 5 rings (SSSR count). The van der Waals surface area contributed by atoms with Gasteiger partial charge in [-0.3, -0.25) is 9.20 Å². The number of amides is 1. The topological polar surface area (TPSA) is 98.0 Å². The first-order valence-electron chi connectivity index (χ1n) is 9.55. The average Bonchev–Trinajstić information content (AvgIpc) is 3.33. The summed E-state index contributed by atoms with van der Waals surface area (Å²) in [5.74, 6) is -2.55. The van der Waals surface area contributed by atoms with Crippen molar-refractivity contribution in [1.29, 1.82) is 0 Å². The molecule has 10 heteroatoms. The van der Waals surface area contributed by atoms with E-state index in [0.29, 0.717) is 5.57 Å². The number of aromatic nitrogens is 2. The molecule has 3 aromatic rings. The van der Waals surface area contributed by atoms with Crippen LogP contribution in [0.3, 0.4) is 0 Å². The molecule has 154 valence electrons. The minimum Gasteiger partial charge on any atom is -0.543 e. The van der Waals surface area contributed by atoms with Gasteiger partial charge in [0.15, 0.2) is 0 Å². The number of carbonyl (C=O) groups excluding carboxylic acids is 2. The number of aliphatic carboxylic acids is 1. The number of nitrogens with zero attached hydrogens (tertiary/aromatic N) is 3. The molecular formula is C21H18N3NaO4S2. The van der Waals surface area contributed by atoms with Gasteiger partial charge in [0.1, 0.15) is 16.2 Å². The van der Waals surface area contributed by atoms with E-state index in [9.17, 15) is 19.8 Å². The van der Waals surface area contributed by atoms with Crippen LogP contribution in [0.2, 0.25) is 0 Å². The summed E-state index contributed by atoms with van der Waals surface area (Å²) in [7, 11) is 0. The predicted molar refractivity (Wildman–Crippen MR) is 111 cm³/mol. The van der Waals surface area contributed by atoms with E-state index in [1.807, 2.05) is 47.9 Å². The molecule has 2 aromatic heterocycles. The van der Waals surface area contributed by atoms with Crippen molar-refractivity contribution in [2.45, 2.75) is 35.9 Å². The van der Waals surface area contributed by atoms with Crippen molar-refractivity contribution >= 4 is 45.4 Å². The molecule has 1 amide bonds. The predicted octanol–water partition coefficient (Wildman–Crippen LogP) is -1.13. The summed E-state index contributed by atoms with van der Waals surface area (Å²) in [5, 5.41) is 22.8. The molecular weight excluding hydrogens is 445 g/mol. The van der Waals surface area contributed by atoms with Gasteiger partial charge in [-0.1, -0.05) is 36.9 Å². The van der Waals surface area contributed by atoms with Gasteiger partial charge in [0.05, 0.1) is 34.6 Å². The van der Waals surface area contributed by atoms with Gasteiger partial charge >= 0.3 is 29.6 Å². The number of aliphatic hydroxyl groups is 1. The Balaban J connectivity index is 0.00000231. The van der Waals surface area contributed by atoms with Gasteiger partial charge in [-0.05, 0) is 19.1 Å². The Hall–Kier alpha value is -1.62. The molecule has 0 saturated carbocycles. The molecule has 1 N–H and O–H groups in total. The molecule has 0 spiro atoms. The van der Waals surface area contributed by atoms with E-state index in [0.717, 1.165) is 19.6 Å². The largest absolute Gasteiger partial charge is 1.00 e. The summed E-state index contributed by atoms with van der Waals surface area (Å²) in [4.78, 5) is 33.0. The Morgan fingerprint density at radius 3 is 2.68 bits per heavy atom. The minimum atomic E-state index is -1.37. The minimum absolute atomic E-state index is 0. The molecule has 1 fully saturated rings. The Kier molecular flexibility index (Phi) is 6.10. The second-order valence-corrected chi connectivity index (χ2v) is 9.67. The zero-order valence-corrected chi connectivity index (χ0v) is 20.8. The van der Waals surface area contributed by atoms with Crippen molar-refractivity contribution in [3.8, 4) is 0 Å². The van der Waals surface area contributed by atoms with Gasteiger partial charge in [0.25, 0.3) is 0 Å². The van der Waals surface area contributed by atoms with Crippen LogP contribution in [-0.4, -0.2) is 43.4 Å². The third kappa shape index (κ3) is 3.48. The van der Waals surface area contributed by atoms with Crippen LogP contribution in [0.1, 0.15) is 18.7 Å². The number of hydrogen-bond donors (Lipinski definition) is 1. The summed E-state index contributed by atoms with van der Waals surface area (Å²) < 4.78 is 1.88. The normalized spacial score (nSPS) is 23.5. The third-order valence-electron chi connectivity index (χ3n) is 5.77. The maximum atomic E-state index is 12.5. The average molecular weight is 464 g/mol. The van der Waals surface area contributed by atoms with Crippen LogP contribution >= 0.6 is 23.1 Å². The number of hydrogen-bond acceptors (Lipinski definition) is 7. The van der Waals surface area contributed by atoms with Crippen molar-refractivity contribution in [1.82, 2.24) is 14.3 Å². The molecule has 1 saturated heterocycles. The number of aliphatic hydroxyl groups excluding tert-OH is 1. The Morgan fingerprint density at radius 2 is 2.03 bits per heavy atom. The number of carboxylic acids is 1. The number of fused-ring (bicyclic) bond motifs is 2. The number of rotatable bonds is 5. The molecule has 31 heavy (non-hydrogen) atoms. The van der Waals surface area contributed by atoms with Crippen LogP contribution in [0.4, 0.5) is 0 Å². The van der Waals surface area contributed by atoms with Crippen molar-refractivity contribution < 1.29 is 49.4 Å². The fourth-order valence-electron chi connectivity index (χ4n) is 4.46. The van der Waals surface area contributed by atoms with Gasteiger partial charge in [-0.2, -0.15) is 0 Å². The SMILES string of the molecule is C[C@@H](O)[C@H]1C(=O)N2C(C(=O)[O-])=C(c3cn4cnc(Sc5ccccc5)c4s3)[C@H](C)[C@H]12.[Na+]. The smallest absolute Gasteiger partial charge is 0.543 e. The number of carbonyl (C=O) groups is 2. The molecule has 0 unspecified atom stereocenters. The van der Waals surface area contributed by atoms with Gasteiger partial charge < -0.3 is 19.9 Å². The van der Waals surface area contributed by atoms with Crippen LogP contribution < -0.4 is 34.7 Å². The summed E-state index contributed by atoms with van der Waals surface area (Å²) in [6.07, 6.45) is 2.73. The monoisotopic (exact) mass is 463 g/mol. The van der Waals surface area contributed by atoms with Gasteiger partial charge in [-0.25, -0.2) is 4.98 Å². The Labute approximate surface area is 209 Å². The Bertz CT molecular complexity index is 1200. The van der Waals surface area contributed by atoms with E-state index >= 15 is 0 Å². The van der Waals surface area contributed by atoms with E-state index in [-0.39, 0.29) is 53.1 Å². The van der Waals surface area contributed by atoms with Crippen molar-refractivity contribution in [2.75, 3.05) is 0 Å². The molecule has 0 bridgehead atoms. The van der Waals surface area contributed by atoms with Crippen molar-refractivity contribution in [3.63, 3.8) is 0 Å². The zero-order valence-electron chi connectivity index (χ0n) is 17.2. The summed E-state index contributed by atoms with van der Waals surface area (Å²) in [5.41, 5.74) is 0.505. The van der Waals surface area contributed by atoms with E-state index in [1.54, 1.807) is 25.0 Å². The molecule has 0 aliphatic carbocycles. The molecule has 2 aliphatic heterocycles. The summed E-state index contributed by atoms with van der Waals surface area (Å²) in [6.45, 7) is 3.47. The van der Waals surface area contributed by atoms with Crippen molar-refractivity contribution in [2.24, 2.45) is 11.8 Å². The Morgan fingerprint density at radius 1 is 1.32 bits per heavy atom. The second-order valence-electron chi connectivity index (χ2n) is 7.58. The molecule has 4 atom stereocenters. The van der Waals surface area contributed by atoms with E-state index < -0.39 is 18.0 Å². The molecule has 1 aromatic carbocycles. The number of β-lactam (4-membered cyclic amide) rings is 1. The number of carboxylic acid groups (broad SMARTS) is 1. The maximum Gasteiger partial charge on any atom is 1.00 e. The molecule has 2 aliphatic rings. The van der Waals surface area contributed by atoms with Crippen LogP contribution in [0, 0.1) is 11.8 Å². The number of imidazole rings is 1. The van der Waals surface area contributed by atoms with Crippen LogP contribution in [0.5, 0.6) is 0 Å². The van der Waals surface area contributed by atoms with Crippen LogP contribution in [-0.2, 0) is 9.59 Å². The molecule has 0 radical (unpaired) electrons. The first-order valence-corrected chi connectivity index (χ1v) is 11.2. The van der Waals surface area contributed by atoms with Crippen LogP contribution in [0.25, 0.3) is 10.4 Å². The van der Waals surface area contributed by atoms with Crippen molar-refractivity contribution in [3.05, 3.63) is 53.4 Å². The maximum absolute atomic E-state index is 12.5. The standard InChI is InChI=1S/C21H19N3O4S2.Na/c1-10-14(17(21(27)28)24-16(10)15(11(2)25)19(24)26)13-8-23-9-22-18(20(23)30-13)29-12-6-4-3-5-7-12;/h3-11,15-16,25H,1-2H3,(H,27,28);/q;+1/p-1/t10-,11+,15+,16+;/m0./s1. The van der Waals surface area contributed by atoms with Crippen LogP contribution in [0.15, 0.2) is 58.5 Å². The van der Waals surface area contributed by atoms with E-state index in [2.05, 4.69) is 4.98 Å². The van der Waals surface area contributed by atoms with E-state index in [1.165, 1.54) is 16.2 Å². The first kappa shape index (κ1) is 22.6. The third-order valence-corrected chi connectivity index (χ3v) is 8.04. The quantitative estimate of drug-likeness (QED) is 0.380. The van der Waals surface area contributed by atoms with Gasteiger partial charge in [0, 0.05) is 22.6 Å². The van der Waals surface area contributed by atoms with Gasteiger partial charge in [-0.15, -0.1) is 11.3 Å². The van der Waals surface area contributed by atoms with Gasteiger partial charge in [0.2, 0.25) is 5.91 Å². The summed E-state index contributed by atoms with van der Waals surface area (Å²) in [6, 6.07) is 9.54.